The van der Waals surface area contributed by atoms with Crippen molar-refractivity contribution in [1.82, 2.24) is 0 Å². The van der Waals surface area contributed by atoms with Crippen LogP contribution in [0.25, 0.3) is 0 Å². The number of nitrogens with one attached hydrogen (secondary N) is 1. The molecule has 2 N–H and O–H groups in total. The lowest BCUT2D eigenvalue weighted by Gasteiger charge is -2.35. The molecule has 2 aliphatic rings. The van der Waals surface area contributed by atoms with E-state index in [1.54, 1.807) is 4.90 Å². The fourth-order valence-electron chi connectivity index (χ4n) is 5.17. The molecule has 3 aromatic carbocycles. The van der Waals surface area contributed by atoms with Crippen LogP contribution < -0.4 is 10.2 Å². The molecule has 3 aromatic rings. The molecule has 6 heteroatoms. The third-order valence-electron chi connectivity index (χ3n) is 6.82. The summed E-state index contributed by atoms with van der Waals surface area (Å²) in [5, 5.41) is 13.8. The van der Waals surface area contributed by atoms with Gasteiger partial charge >= 0.3 is 0 Å². The summed E-state index contributed by atoms with van der Waals surface area (Å²) < 4.78 is 0. The van der Waals surface area contributed by atoms with Crippen molar-refractivity contribution in [1.29, 1.82) is 0 Å². The van der Waals surface area contributed by atoms with E-state index in [9.17, 15) is 14.7 Å². The molecule has 2 atom stereocenters. The van der Waals surface area contributed by atoms with Gasteiger partial charge in [-0.2, -0.15) is 0 Å². The summed E-state index contributed by atoms with van der Waals surface area (Å²) in [5.74, 6) is -0.307. The maximum absolute atomic E-state index is 13.9. The summed E-state index contributed by atoms with van der Waals surface area (Å²) in [6.07, 6.45) is 0.879. The predicted octanol–water partition coefficient (Wildman–Crippen LogP) is 5.93. The zero-order valence-electron chi connectivity index (χ0n) is 19.5. The van der Waals surface area contributed by atoms with Gasteiger partial charge in [0, 0.05) is 22.7 Å². The predicted molar refractivity (Wildman–Crippen MR) is 139 cm³/mol. The zero-order chi connectivity index (χ0) is 24.5. The summed E-state index contributed by atoms with van der Waals surface area (Å²) in [6.45, 7) is 1.74. The lowest BCUT2D eigenvalue weighted by atomic mass is 9.78. The second-order valence-corrected chi connectivity index (χ2v) is 9.54. The van der Waals surface area contributed by atoms with Crippen LogP contribution in [-0.2, 0) is 9.59 Å². The van der Waals surface area contributed by atoms with E-state index in [2.05, 4.69) is 5.32 Å². The maximum Gasteiger partial charge on any atom is 0.230 e. The molecule has 0 aromatic heterocycles. The number of aliphatic hydroxyl groups excluding tert-OH is 1. The maximum atomic E-state index is 13.9. The number of halogens is 1. The number of benzene rings is 3. The quantitative estimate of drug-likeness (QED) is 0.479. The number of hydrogen-bond acceptors (Lipinski definition) is 4. The van der Waals surface area contributed by atoms with Crippen molar-refractivity contribution in [3.63, 3.8) is 0 Å². The number of ketones is 1. The number of nitrogens with zero attached hydrogens (tertiary/aromatic N) is 1. The molecule has 0 spiro atoms. The molecule has 1 heterocycles. The Morgan fingerprint density at radius 1 is 1.03 bits per heavy atom. The molecule has 0 bridgehead atoms. The molecule has 1 aliphatic carbocycles. The highest BCUT2D eigenvalue weighted by atomic mass is 35.5. The van der Waals surface area contributed by atoms with Crippen LogP contribution in [0.3, 0.4) is 0 Å². The average Bonchev–Trinajstić information content (AvgIpc) is 2.99. The highest BCUT2D eigenvalue weighted by Gasteiger charge is 2.41. The van der Waals surface area contributed by atoms with Gasteiger partial charge in [0.15, 0.2) is 5.78 Å². The Labute approximate surface area is 210 Å². The van der Waals surface area contributed by atoms with Crippen molar-refractivity contribution in [3.05, 3.63) is 106 Å². The van der Waals surface area contributed by atoms with Gasteiger partial charge in [0.25, 0.3) is 0 Å². The molecule has 5 rings (SSSR count). The Hall–Kier alpha value is -3.41. The third-order valence-corrected chi connectivity index (χ3v) is 7.17. The zero-order valence-corrected chi connectivity index (χ0v) is 20.3. The molecule has 0 fully saturated rings. The Morgan fingerprint density at radius 3 is 2.49 bits per heavy atom. The van der Waals surface area contributed by atoms with Crippen molar-refractivity contribution in [3.8, 4) is 0 Å². The fourth-order valence-corrected chi connectivity index (χ4v) is 5.46. The number of fused-ring (bicyclic) bond motifs is 1. The summed E-state index contributed by atoms with van der Waals surface area (Å²) >= 11 is 6.51. The number of para-hydroxylation sites is 2. The van der Waals surface area contributed by atoms with Crippen LogP contribution in [0.15, 0.2) is 84.1 Å². The van der Waals surface area contributed by atoms with Crippen LogP contribution in [0.4, 0.5) is 11.4 Å². The smallest absolute Gasteiger partial charge is 0.230 e. The van der Waals surface area contributed by atoms with Gasteiger partial charge in [-0.25, -0.2) is 0 Å². The fraction of sp³-hybridized carbons (Fsp3) is 0.241. The van der Waals surface area contributed by atoms with E-state index in [0.29, 0.717) is 29.1 Å². The number of anilines is 2. The molecule has 178 valence electrons. The van der Waals surface area contributed by atoms with Gasteiger partial charge in [-0.1, -0.05) is 71.8 Å². The van der Waals surface area contributed by atoms with E-state index in [-0.39, 0.29) is 30.6 Å². The number of amides is 1. The number of aryl methyl sites for hydroxylation is 1. The van der Waals surface area contributed by atoms with Gasteiger partial charge in [-0.3, -0.25) is 14.5 Å². The van der Waals surface area contributed by atoms with E-state index in [1.807, 2.05) is 79.7 Å². The van der Waals surface area contributed by atoms with Gasteiger partial charge in [-0.05, 0) is 48.6 Å². The number of carbonyl (C=O) groups is 2. The second kappa shape index (κ2) is 9.68. The van der Waals surface area contributed by atoms with Crippen LogP contribution in [0.5, 0.6) is 0 Å². The molecule has 0 saturated carbocycles. The number of carbonyl (C=O) groups excluding carboxylic acids is 2. The minimum Gasteiger partial charge on any atom is -0.396 e. The Bertz CT molecular complexity index is 1320. The number of Topliss-reactive ketones (excluding diaryl/α,β-unsaturated/α-hetero) is 1. The first-order valence-electron chi connectivity index (χ1n) is 11.8. The Balaban J connectivity index is 1.71. The van der Waals surface area contributed by atoms with Gasteiger partial charge in [0.05, 0.1) is 30.4 Å². The van der Waals surface area contributed by atoms with Crippen LogP contribution in [0, 0.1) is 6.92 Å². The normalized spacial score (nSPS) is 19.5. The van der Waals surface area contributed by atoms with Crippen LogP contribution in [0.2, 0.25) is 5.02 Å². The lowest BCUT2D eigenvalue weighted by Crippen LogP contribution is -2.38. The van der Waals surface area contributed by atoms with E-state index in [1.165, 1.54) is 0 Å². The van der Waals surface area contributed by atoms with E-state index in [0.717, 1.165) is 28.1 Å². The molecule has 1 amide bonds. The van der Waals surface area contributed by atoms with Gasteiger partial charge < -0.3 is 10.4 Å². The van der Waals surface area contributed by atoms with Crippen molar-refractivity contribution in [2.45, 2.75) is 38.1 Å². The third kappa shape index (κ3) is 4.38. The minimum absolute atomic E-state index is 0.0103. The van der Waals surface area contributed by atoms with Crippen molar-refractivity contribution >= 4 is 34.7 Å². The minimum atomic E-state index is -0.597. The molecule has 0 unspecified atom stereocenters. The van der Waals surface area contributed by atoms with E-state index in [4.69, 9.17) is 11.6 Å². The summed E-state index contributed by atoms with van der Waals surface area (Å²) in [7, 11) is 0. The molecular formula is C29H27ClN2O3. The SMILES string of the molecule is Cc1ccc([C@H]2C3=C(C[C@H](c4ccccc4Cl)CC3=O)Nc3ccccc3N2C(=O)CCO)cc1. The standard InChI is InChI=1S/C29H27ClN2O3/c1-18-10-12-19(13-11-18)29-28-24(16-20(17-26(28)34)21-6-2-3-7-22(21)30)31-23-8-4-5-9-25(23)32(29)27(35)14-15-33/h2-13,20,29,31,33H,14-17H2,1H3/t20-,29-/m0/s1. The Kier molecular flexibility index (Phi) is 6.46. The average molecular weight is 487 g/mol. The van der Waals surface area contributed by atoms with E-state index < -0.39 is 6.04 Å². The summed E-state index contributed by atoms with van der Waals surface area (Å²) in [5.41, 5.74) is 5.76. The summed E-state index contributed by atoms with van der Waals surface area (Å²) in [6, 6.07) is 22.6. The van der Waals surface area contributed by atoms with Gasteiger partial charge in [0.2, 0.25) is 5.91 Å². The molecular weight excluding hydrogens is 460 g/mol. The van der Waals surface area contributed by atoms with Crippen molar-refractivity contribution in [2.75, 3.05) is 16.8 Å². The monoisotopic (exact) mass is 486 g/mol. The molecule has 0 radical (unpaired) electrons. The van der Waals surface area contributed by atoms with Gasteiger partial charge in [0.1, 0.15) is 0 Å². The highest BCUT2D eigenvalue weighted by molar-refractivity contribution is 6.31. The topological polar surface area (TPSA) is 69.6 Å². The van der Waals surface area contributed by atoms with Crippen LogP contribution in [0.1, 0.15) is 47.9 Å². The second-order valence-electron chi connectivity index (χ2n) is 9.13. The number of allylic oxidation sites excluding steroid dienone is 1. The molecule has 0 saturated heterocycles. The first kappa shape index (κ1) is 23.3. The van der Waals surface area contributed by atoms with E-state index >= 15 is 0 Å². The highest BCUT2D eigenvalue weighted by Crippen LogP contribution is 2.48. The molecule has 35 heavy (non-hydrogen) atoms. The molecule has 5 nitrogen and oxygen atoms in total. The largest absolute Gasteiger partial charge is 0.396 e. The van der Waals surface area contributed by atoms with Gasteiger partial charge in [-0.15, -0.1) is 0 Å². The first-order chi connectivity index (χ1) is 17.0. The van der Waals surface area contributed by atoms with Crippen LogP contribution in [-0.4, -0.2) is 23.4 Å². The van der Waals surface area contributed by atoms with Crippen LogP contribution >= 0.6 is 11.6 Å². The van der Waals surface area contributed by atoms with Crippen molar-refractivity contribution < 1.29 is 14.7 Å². The summed E-state index contributed by atoms with van der Waals surface area (Å²) in [4.78, 5) is 29.0. The number of aliphatic hydroxyl groups is 1. The first-order valence-corrected chi connectivity index (χ1v) is 12.2. The Morgan fingerprint density at radius 2 is 1.74 bits per heavy atom. The number of hydrogen-bond donors (Lipinski definition) is 2. The van der Waals surface area contributed by atoms with Crippen molar-refractivity contribution in [2.24, 2.45) is 0 Å². The lowest BCUT2D eigenvalue weighted by molar-refractivity contribution is -0.119. The number of rotatable bonds is 4. The molecule has 1 aliphatic heterocycles.